The van der Waals surface area contributed by atoms with Gasteiger partial charge in [0, 0.05) is 18.1 Å². The van der Waals surface area contributed by atoms with Gasteiger partial charge < -0.3 is 15.4 Å². The van der Waals surface area contributed by atoms with Gasteiger partial charge in [0.25, 0.3) is 0 Å². The van der Waals surface area contributed by atoms with Crippen LogP contribution in [0.2, 0.25) is 0 Å². The van der Waals surface area contributed by atoms with Crippen LogP contribution in [-0.2, 0) is 4.74 Å². The minimum Gasteiger partial charge on any atom is -0.444 e. The molecule has 2 aliphatic rings. The zero-order valence-electron chi connectivity index (χ0n) is 14.1. The zero-order valence-corrected chi connectivity index (χ0v) is 14.1. The van der Waals surface area contributed by atoms with Gasteiger partial charge in [0.15, 0.2) is 0 Å². The van der Waals surface area contributed by atoms with Gasteiger partial charge >= 0.3 is 6.09 Å². The summed E-state index contributed by atoms with van der Waals surface area (Å²) in [5.74, 6) is 0.890. The number of hydrogen-bond acceptors (Lipinski definition) is 3. The fourth-order valence-corrected chi connectivity index (χ4v) is 3.69. The second-order valence-electron chi connectivity index (χ2n) is 7.74. The predicted molar refractivity (Wildman–Crippen MR) is 85.4 cm³/mol. The van der Waals surface area contributed by atoms with Gasteiger partial charge in [0.1, 0.15) is 5.60 Å². The Balaban J connectivity index is 1.79. The molecule has 2 N–H and O–H groups in total. The molecule has 2 saturated carbocycles. The van der Waals surface area contributed by atoms with Gasteiger partial charge in [-0.1, -0.05) is 13.3 Å². The molecular formula is C17H32N2O2. The van der Waals surface area contributed by atoms with E-state index in [0.29, 0.717) is 12.1 Å². The molecule has 4 heteroatoms. The van der Waals surface area contributed by atoms with E-state index in [1.807, 2.05) is 20.8 Å². The van der Waals surface area contributed by atoms with Crippen LogP contribution in [0.25, 0.3) is 0 Å². The number of rotatable bonds is 4. The van der Waals surface area contributed by atoms with E-state index < -0.39 is 5.60 Å². The van der Waals surface area contributed by atoms with Crippen LogP contribution in [-0.4, -0.2) is 29.8 Å². The summed E-state index contributed by atoms with van der Waals surface area (Å²) in [6.45, 7) is 8.00. The number of ether oxygens (including phenoxy) is 1. The second-order valence-corrected chi connectivity index (χ2v) is 7.74. The fraction of sp³-hybridized carbons (Fsp3) is 0.941. The van der Waals surface area contributed by atoms with Gasteiger partial charge in [-0.15, -0.1) is 0 Å². The van der Waals surface area contributed by atoms with Crippen LogP contribution in [0.3, 0.4) is 0 Å². The number of hydrogen-bond donors (Lipinski definition) is 2. The SMILES string of the molecule is CCC1CCC(NC2CCCC2NC(=O)OC(C)(C)C)C1. The first-order valence-electron chi connectivity index (χ1n) is 8.63. The topological polar surface area (TPSA) is 50.4 Å². The lowest BCUT2D eigenvalue weighted by Gasteiger charge is -2.27. The average Bonchev–Trinajstić information content (AvgIpc) is 2.97. The summed E-state index contributed by atoms with van der Waals surface area (Å²) < 4.78 is 5.37. The summed E-state index contributed by atoms with van der Waals surface area (Å²) in [6.07, 6.45) is 8.35. The highest BCUT2D eigenvalue weighted by Gasteiger charge is 2.33. The summed E-state index contributed by atoms with van der Waals surface area (Å²) in [5.41, 5.74) is -0.425. The predicted octanol–water partition coefficient (Wildman–Crippen LogP) is 3.60. The first kappa shape index (κ1) is 16.6. The van der Waals surface area contributed by atoms with Gasteiger partial charge in [-0.2, -0.15) is 0 Å². The number of carbonyl (C=O) groups is 1. The molecule has 1 amide bonds. The molecule has 0 heterocycles. The van der Waals surface area contributed by atoms with Crippen molar-refractivity contribution < 1.29 is 9.53 Å². The number of nitrogens with one attached hydrogen (secondary N) is 2. The molecule has 0 saturated heterocycles. The Hall–Kier alpha value is -0.770. The number of alkyl carbamates (subject to hydrolysis) is 1. The molecule has 4 unspecified atom stereocenters. The maximum atomic E-state index is 11.9. The van der Waals surface area contributed by atoms with Crippen LogP contribution >= 0.6 is 0 Å². The minimum absolute atomic E-state index is 0.223. The summed E-state index contributed by atoms with van der Waals surface area (Å²) >= 11 is 0. The quantitative estimate of drug-likeness (QED) is 0.833. The Labute approximate surface area is 129 Å². The van der Waals surface area contributed by atoms with E-state index in [1.54, 1.807) is 0 Å². The molecule has 21 heavy (non-hydrogen) atoms. The van der Waals surface area contributed by atoms with Crippen LogP contribution in [0.15, 0.2) is 0 Å². The Kier molecular flexibility index (Phi) is 5.53. The third-order valence-corrected chi connectivity index (χ3v) is 4.79. The average molecular weight is 296 g/mol. The smallest absolute Gasteiger partial charge is 0.407 e. The summed E-state index contributed by atoms with van der Waals surface area (Å²) in [4.78, 5) is 11.9. The maximum Gasteiger partial charge on any atom is 0.407 e. The van der Waals surface area contributed by atoms with Crippen molar-refractivity contribution in [1.82, 2.24) is 10.6 Å². The lowest BCUT2D eigenvalue weighted by Crippen LogP contribution is -2.50. The van der Waals surface area contributed by atoms with Crippen LogP contribution in [0.4, 0.5) is 4.79 Å². The van der Waals surface area contributed by atoms with Crippen molar-refractivity contribution in [2.75, 3.05) is 0 Å². The molecule has 4 nitrogen and oxygen atoms in total. The monoisotopic (exact) mass is 296 g/mol. The molecule has 2 rings (SSSR count). The number of carbonyl (C=O) groups excluding carboxylic acids is 1. The van der Waals surface area contributed by atoms with Crippen LogP contribution in [0.5, 0.6) is 0 Å². The molecule has 2 fully saturated rings. The van der Waals surface area contributed by atoms with Crippen LogP contribution < -0.4 is 10.6 Å². The first-order chi connectivity index (χ1) is 9.87. The highest BCUT2D eigenvalue weighted by atomic mass is 16.6. The summed E-state index contributed by atoms with van der Waals surface area (Å²) in [5, 5.41) is 6.85. The van der Waals surface area contributed by atoms with Gasteiger partial charge in [0.2, 0.25) is 0 Å². The van der Waals surface area contributed by atoms with Crippen LogP contribution in [0.1, 0.15) is 72.6 Å². The lowest BCUT2D eigenvalue weighted by molar-refractivity contribution is 0.0497. The van der Waals surface area contributed by atoms with Gasteiger partial charge in [-0.3, -0.25) is 0 Å². The van der Waals surface area contributed by atoms with Crippen molar-refractivity contribution >= 4 is 6.09 Å². The molecule has 0 spiro atoms. The van der Waals surface area contributed by atoms with E-state index >= 15 is 0 Å². The van der Waals surface area contributed by atoms with E-state index in [1.165, 1.54) is 32.1 Å². The largest absolute Gasteiger partial charge is 0.444 e. The van der Waals surface area contributed by atoms with Crippen molar-refractivity contribution in [3.05, 3.63) is 0 Å². The molecule has 0 aromatic rings. The Morgan fingerprint density at radius 2 is 1.86 bits per heavy atom. The standard InChI is InChI=1S/C17H32N2O2/c1-5-12-9-10-13(11-12)18-14-7-6-8-15(14)19-16(20)21-17(2,3)4/h12-15,18H,5-11H2,1-4H3,(H,19,20). The number of amides is 1. The highest BCUT2D eigenvalue weighted by molar-refractivity contribution is 5.68. The van der Waals surface area contributed by atoms with E-state index in [0.717, 1.165) is 18.8 Å². The molecule has 0 aliphatic heterocycles. The third kappa shape index (κ3) is 5.17. The normalized spacial score (nSPS) is 33.1. The summed E-state index contributed by atoms with van der Waals surface area (Å²) in [6, 6.07) is 1.28. The fourth-order valence-electron chi connectivity index (χ4n) is 3.69. The van der Waals surface area contributed by atoms with Crippen molar-refractivity contribution in [2.45, 2.75) is 96.4 Å². The van der Waals surface area contributed by atoms with E-state index in [2.05, 4.69) is 17.6 Å². The Morgan fingerprint density at radius 1 is 1.14 bits per heavy atom. The molecule has 122 valence electrons. The molecule has 0 radical (unpaired) electrons. The molecular weight excluding hydrogens is 264 g/mol. The second kappa shape index (κ2) is 6.99. The highest BCUT2D eigenvalue weighted by Crippen LogP contribution is 2.30. The van der Waals surface area contributed by atoms with E-state index in [4.69, 9.17) is 4.74 Å². The molecule has 2 aliphatic carbocycles. The van der Waals surface area contributed by atoms with E-state index in [9.17, 15) is 4.79 Å². The first-order valence-corrected chi connectivity index (χ1v) is 8.63. The van der Waals surface area contributed by atoms with Crippen molar-refractivity contribution in [3.63, 3.8) is 0 Å². The van der Waals surface area contributed by atoms with Crippen LogP contribution in [0, 0.1) is 5.92 Å². The Bertz CT molecular complexity index is 351. The van der Waals surface area contributed by atoms with Crippen molar-refractivity contribution in [3.8, 4) is 0 Å². The van der Waals surface area contributed by atoms with Gasteiger partial charge in [-0.25, -0.2) is 4.79 Å². The van der Waals surface area contributed by atoms with Gasteiger partial charge in [-0.05, 0) is 65.2 Å². The van der Waals surface area contributed by atoms with Crippen molar-refractivity contribution in [2.24, 2.45) is 5.92 Å². The van der Waals surface area contributed by atoms with Crippen molar-refractivity contribution in [1.29, 1.82) is 0 Å². The minimum atomic E-state index is -0.425. The Morgan fingerprint density at radius 3 is 2.48 bits per heavy atom. The molecule has 0 aromatic heterocycles. The van der Waals surface area contributed by atoms with Gasteiger partial charge in [0.05, 0.1) is 0 Å². The maximum absolute atomic E-state index is 11.9. The summed E-state index contributed by atoms with van der Waals surface area (Å²) in [7, 11) is 0. The molecule has 0 aromatic carbocycles. The molecule has 0 bridgehead atoms. The lowest BCUT2D eigenvalue weighted by atomic mass is 10.0. The molecule has 4 atom stereocenters. The zero-order chi connectivity index (χ0) is 15.5. The third-order valence-electron chi connectivity index (χ3n) is 4.79. The van der Waals surface area contributed by atoms with E-state index in [-0.39, 0.29) is 12.1 Å².